The second-order valence-electron chi connectivity index (χ2n) is 5.28. The van der Waals surface area contributed by atoms with Crippen LogP contribution in [0.25, 0.3) is 0 Å². The van der Waals surface area contributed by atoms with Crippen molar-refractivity contribution in [3.05, 3.63) is 36.4 Å². The number of anilines is 2. The summed E-state index contributed by atoms with van der Waals surface area (Å²) in [6, 6.07) is 3.77. The van der Waals surface area contributed by atoms with Gasteiger partial charge in [0.2, 0.25) is 5.91 Å². The monoisotopic (exact) mass is 334 g/mol. The molecule has 24 heavy (non-hydrogen) atoms. The van der Waals surface area contributed by atoms with Crippen molar-refractivity contribution in [1.82, 2.24) is 0 Å². The molecule has 8 nitrogen and oxygen atoms in total. The van der Waals surface area contributed by atoms with E-state index in [0.29, 0.717) is 18.9 Å². The van der Waals surface area contributed by atoms with Gasteiger partial charge >= 0.3 is 0 Å². The number of hydrogen-bond donors (Lipinski definition) is 3. The molecule has 130 valence electrons. The highest BCUT2D eigenvalue weighted by molar-refractivity contribution is 6.15. The van der Waals surface area contributed by atoms with E-state index in [1.807, 2.05) is 0 Å². The topological polar surface area (TPSA) is 120 Å². The number of carbonyl (C=O) groups excluding carboxylic acids is 2. The van der Waals surface area contributed by atoms with Gasteiger partial charge in [-0.2, -0.15) is 0 Å². The third kappa shape index (κ3) is 4.31. The van der Waals surface area contributed by atoms with Gasteiger partial charge in [-0.05, 0) is 18.2 Å². The van der Waals surface area contributed by atoms with E-state index in [2.05, 4.69) is 17.0 Å². The molecule has 1 aromatic carbocycles. The van der Waals surface area contributed by atoms with Crippen LogP contribution in [0.3, 0.4) is 0 Å². The van der Waals surface area contributed by atoms with Crippen molar-refractivity contribution in [3.8, 4) is 0 Å². The number of nitrogens with zero attached hydrogens (tertiary/aromatic N) is 1. The smallest absolute Gasteiger partial charge is 0.242 e. The number of morpholine rings is 1. The molecule has 1 amide bonds. The minimum atomic E-state index is -1.40. The van der Waals surface area contributed by atoms with Crippen LogP contribution in [-0.4, -0.2) is 50.6 Å². The van der Waals surface area contributed by atoms with Crippen LogP contribution in [0.1, 0.15) is 10.4 Å². The van der Waals surface area contributed by atoms with Gasteiger partial charge in [0.15, 0.2) is 5.78 Å². The second-order valence-corrected chi connectivity index (χ2v) is 5.28. The van der Waals surface area contributed by atoms with E-state index >= 15 is 0 Å². The Hall–Kier alpha value is -2.42. The number of Topliss-reactive ketones (excluding diaryl/α,β-unsaturated/α-hetero) is 1. The lowest BCUT2D eigenvalue weighted by molar-refractivity contribution is -0.118. The van der Waals surface area contributed by atoms with Crippen molar-refractivity contribution in [2.24, 2.45) is 11.5 Å². The average molecular weight is 334 g/mol. The van der Waals surface area contributed by atoms with Crippen LogP contribution in [-0.2, 0) is 14.4 Å². The number of ketones is 1. The molecule has 0 bridgehead atoms. The summed E-state index contributed by atoms with van der Waals surface area (Å²) in [5, 5.41) is 0. The average Bonchev–Trinajstić information content (AvgIpc) is 2.61. The normalized spacial score (nSPS) is 15.6. The third-order valence-electron chi connectivity index (χ3n) is 3.62. The molecule has 1 saturated heterocycles. The molecule has 0 aromatic heterocycles. The molecule has 1 aromatic rings. The first-order valence-corrected chi connectivity index (χ1v) is 7.59. The molecular formula is C16H22N4O4. The molecule has 1 fully saturated rings. The Morgan fingerprint density at radius 3 is 2.75 bits per heavy atom. The lowest BCUT2D eigenvalue weighted by Crippen LogP contribution is -2.43. The van der Waals surface area contributed by atoms with E-state index < -0.39 is 17.7 Å². The van der Waals surface area contributed by atoms with Crippen LogP contribution in [0, 0.1) is 0 Å². The lowest BCUT2D eigenvalue weighted by atomic mass is 10.0. The highest BCUT2D eigenvalue weighted by Gasteiger charge is 2.24. The number of benzene rings is 1. The quantitative estimate of drug-likeness (QED) is 0.202. The molecule has 1 heterocycles. The molecule has 1 unspecified atom stereocenters. The molecule has 0 aliphatic carbocycles. The van der Waals surface area contributed by atoms with Gasteiger partial charge < -0.3 is 21.1 Å². The van der Waals surface area contributed by atoms with Crippen LogP contribution in [0.2, 0.25) is 0 Å². The molecule has 5 N–H and O–H groups in total. The largest absolute Gasteiger partial charge is 0.378 e. The van der Waals surface area contributed by atoms with E-state index in [1.165, 1.54) is 0 Å². The van der Waals surface area contributed by atoms with Gasteiger partial charge in [0.05, 0.1) is 25.5 Å². The van der Waals surface area contributed by atoms with Crippen molar-refractivity contribution in [1.29, 1.82) is 0 Å². The third-order valence-corrected chi connectivity index (χ3v) is 3.62. The van der Waals surface area contributed by atoms with E-state index in [-0.39, 0.29) is 12.2 Å². The van der Waals surface area contributed by atoms with Crippen molar-refractivity contribution >= 4 is 23.1 Å². The van der Waals surface area contributed by atoms with Crippen molar-refractivity contribution in [3.63, 3.8) is 0 Å². The molecule has 1 aliphatic rings. The Bertz CT molecular complexity index is 614. The molecule has 0 saturated carbocycles. The van der Waals surface area contributed by atoms with E-state index in [0.717, 1.165) is 18.8 Å². The molecule has 2 rings (SSSR count). The van der Waals surface area contributed by atoms with Gasteiger partial charge in [0.1, 0.15) is 6.04 Å². The summed E-state index contributed by atoms with van der Waals surface area (Å²) in [5.41, 5.74) is 15.0. The Morgan fingerprint density at radius 1 is 1.42 bits per heavy atom. The number of amides is 1. The zero-order chi connectivity index (χ0) is 17.5. The van der Waals surface area contributed by atoms with Crippen LogP contribution >= 0.6 is 0 Å². The molecule has 8 heteroatoms. The van der Waals surface area contributed by atoms with Crippen molar-refractivity contribution in [2.75, 3.05) is 43.3 Å². The number of primary amides is 1. The van der Waals surface area contributed by atoms with Gasteiger partial charge in [0.25, 0.3) is 0 Å². The number of rotatable bonds is 8. The first-order chi connectivity index (χ1) is 11.5. The molecule has 1 aliphatic heterocycles. The highest BCUT2D eigenvalue weighted by Crippen LogP contribution is 2.25. The summed E-state index contributed by atoms with van der Waals surface area (Å²) in [4.78, 5) is 30.9. The van der Waals surface area contributed by atoms with Crippen LogP contribution in [0.5, 0.6) is 0 Å². The van der Waals surface area contributed by atoms with E-state index in [1.54, 1.807) is 24.3 Å². The Kier molecular flexibility index (Phi) is 6.30. The molecular weight excluding hydrogens is 312 g/mol. The summed E-state index contributed by atoms with van der Waals surface area (Å²) < 4.78 is 5.34. The SMILES string of the molecule is C=CCONc1cc(N2CCOCC2)ccc1C(=O)C(N)C(N)=O. The summed E-state index contributed by atoms with van der Waals surface area (Å²) in [5.74, 6) is -1.45. The summed E-state index contributed by atoms with van der Waals surface area (Å²) >= 11 is 0. The van der Waals surface area contributed by atoms with E-state index in [4.69, 9.17) is 21.0 Å². The molecule has 1 atom stereocenters. The van der Waals surface area contributed by atoms with Crippen LogP contribution in [0.4, 0.5) is 11.4 Å². The zero-order valence-corrected chi connectivity index (χ0v) is 13.4. The predicted molar refractivity (Wildman–Crippen MR) is 90.7 cm³/mol. The predicted octanol–water partition coefficient (Wildman–Crippen LogP) is 0.0480. The minimum Gasteiger partial charge on any atom is -0.378 e. The van der Waals surface area contributed by atoms with Crippen molar-refractivity contribution in [2.45, 2.75) is 6.04 Å². The minimum absolute atomic E-state index is 0.238. The van der Waals surface area contributed by atoms with Gasteiger partial charge in [-0.3, -0.25) is 19.9 Å². The maximum Gasteiger partial charge on any atom is 0.242 e. The van der Waals surface area contributed by atoms with E-state index in [9.17, 15) is 9.59 Å². The maximum atomic E-state index is 12.4. The summed E-state index contributed by atoms with van der Waals surface area (Å²) in [7, 11) is 0. The second kappa shape index (κ2) is 8.44. The fourth-order valence-corrected chi connectivity index (χ4v) is 2.32. The number of nitrogens with one attached hydrogen (secondary N) is 1. The Balaban J connectivity index is 2.28. The first kappa shape index (κ1) is 17.9. The van der Waals surface area contributed by atoms with Gasteiger partial charge in [0, 0.05) is 24.3 Å². The first-order valence-electron chi connectivity index (χ1n) is 7.59. The van der Waals surface area contributed by atoms with Gasteiger partial charge in [-0.1, -0.05) is 6.08 Å². The number of ether oxygens (including phenoxy) is 1. The fourth-order valence-electron chi connectivity index (χ4n) is 2.32. The standard InChI is InChI=1S/C16H22N4O4/c1-2-7-24-19-13-10-11(20-5-8-23-9-6-20)3-4-12(13)15(21)14(17)16(18)22/h2-4,10,14,19H,1,5-9,17H2,(H2,18,22). The molecule has 0 spiro atoms. The van der Waals surface area contributed by atoms with Gasteiger partial charge in [-0.25, -0.2) is 0 Å². The number of carbonyl (C=O) groups is 2. The van der Waals surface area contributed by atoms with Crippen molar-refractivity contribution < 1.29 is 19.2 Å². The van der Waals surface area contributed by atoms with Gasteiger partial charge in [-0.15, -0.1) is 6.58 Å². The number of hydrogen-bond acceptors (Lipinski definition) is 7. The lowest BCUT2D eigenvalue weighted by Gasteiger charge is -2.29. The number of nitrogens with two attached hydrogens (primary N) is 2. The Morgan fingerprint density at radius 2 is 2.12 bits per heavy atom. The maximum absolute atomic E-state index is 12.4. The molecule has 0 radical (unpaired) electrons. The summed E-state index contributed by atoms with van der Waals surface area (Å²) in [6.07, 6.45) is 1.56. The highest BCUT2D eigenvalue weighted by atomic mass is 16.6. The summed E-state index contributed by atoms with van der Waals surface area (Å²) in [6.45, 7) is 6.59. The van der Waals surface area contributed by atoms with Crippen LogP contribution < -0.4 is 21.8 Å². The Labute approximate surface area is 140 Å². The fraction of sp³-hybridized carbons (Fsp3) is 0.375. The van der Waals surface area contributed by atoms with Crippen LogP contribution in [0.15, 0.2) is 30.9 Å². The zero-order valence-electron chi connectivity index (χ0n) is 13.4.